The molecule has 5 rings (SSSR count). The summed E-state index contributed by atoms with van der Waals surface area (Å²) in [6, 6.07) is 9.39. The van der Waals surface area contributed by atoms with Crippen LogP contribution < -0.4 is 25.4 Å². The van der Waals surface area contributed by atoms with Crippen molar-refractivity contribution < 1.29 is 23.4 Å². The van der Waals surface area contributed by atoms with Gasteiger partial charge in [0.1, 0.15) is 17.7 Å². The molecule has 2 saturated heterocycles. The Morgan fingerprint density at radius 2 is 1.97 bits per heavy atom. The number of nitrogens with one attached hydrogen (secondary N) is 1. The largest absolute Gasteiger partial charge is 0.493 e. The fraction of sp³-hybridized carbons (Fsp3) is 0.407. The molecule has 1 aromatic heterocycles. The summed E-state index contributed by atoms with van der Waals surface area (Å²) in [6.45, 7) is 4.19. The average molecular weight is 510 g/mol. The van der Waals surface area contributed by atoms with Crippen LogP contribution in [-0.4, -0.2) is 82.0 Å². The maximum Gasteiger partial charge on any atom is 0.246 e. The Hall–Kier alpha value is -3.63. The number of morpholine rings is 1. The van der Waals surface area contributed by atoms with E-state index in [1.165, 1.54) is 19.2 Å². The molecule has 0 saturated carbocycles. The first-order chi connectivity index (χ1) is 18.0. The van der Waals surface area contributed by atoms with Crippen LogP contribution in [0.5, 0.6) is 11.5 Å². The van der Waals surface area contributed by atoms with Crippen LogP contribution in [0.25, 0.3) is 22.0 Å². The van der Waals surface area contributed by atoms with Gasteiger partial charge in [-0.1, -0.05) is 12.1 Å². The predicted octanol–water partition coefficient (Wildman–Crippen LogP) is 2.67. The second-order valence-corrected chi connectivity index (χ2v) is 9.17. The number of fused-ring (bicyclic) bond motifs is 1. The maximum atomic E-state index is 14.2. The van der Waals surface area contributed by atoms with Crippen LogP contribution in [0.15, 0.2) is 36.4 Å². The molecule has 2 aliphatic heterocycles. The summed E-state index contributed by atoms with van der Waals surface area (Å²) in [7, 11) is 3.08. The summed E-state index contributed by atoms with van der Waals surface area (Å²) in [5.74, 6) is 1.18. The standard InChI is InChI=1S/C27H32FN5O4/c1-35-22-15-20-25(24(26(22)36-2)17-5-3-6-18(28)13-17)19(29)14-23(31-20)33-8-4-7-30-16-21(33)27(34)32-9-11-37-12-10-32/h3,5-6,13-15,21,30H,4,7-12,16H2,1-2H3,(H2,29,31). The molecule has 1 unspecified atom stereocenters. The number of rotatable bonds is 5. The number of carbonyl (C=O) groups excluding carboxylic acids is 1. The third kappa shape index (κ3) is 4.86. The van der Waals surface area contributed by atoms with Crippen LogP contribution >= 0.6 is 0 Å². The number of amides is 1. The SMILES string of the molecule is COc1cc2nc(N3CCCNCC3C(=O)N3CCOCC3)cc(N)c2c(-c2cccc(F)c2)c1OC. The molecule has 2 aromatic carbocycles. The number of pyridine rings is 1. The van der Waals surface area contributed by atoms with Gasteiger partial charge in [0.15, 0.2) is 11.5 Å². The fourth-order valence-electron chi connectivity index (χ4n) is 5.16. The zero-order valence-electron chi connectivity index (χ0n) is 21.1. The van der Waals surface area contributed by atoms with Gasteiger partial charge in [-0.3, -0.25) is 4.79 Å². The Balaban J connectivity index is 1.64. The summed E-state index contributed by atoms with van der Waals surface area (Å²) in [4.78, 5) is 22.4. The zero-order chi connectivity index (χ0) is 25.9. The highest BCUT2D eigenvalue weighted by Gasteiger charge is 2.33. The first-order valence-electron chi connectivity index (χ1n) is 12.5. The molecule has 3 aromatic rings. The van der Waals surface area contributed by atoms with Gasteiger partial charge in [-0.05, 0) is 30.7 Å². The molecule has 1 amide bonds. The van der Waals surface area contributed by atoms with E-state index in [0.717, 1.165) is 13.0 Å². The van der Waals surface area contributed by atoms with Crippen LogP contribution in [0.3, 0.4) is 0 Å². The van der Waals surface area contributed by atoms with Gasteiger partial charge in [-0.2, -0.15) is 0 Å². The van der Waals surface area contributed by atoms with Gasteiger partial charge in [0.05, 0.1) is 33.0 Å². The number of carbonyl (C=O) groups is 1. The molecule has 37 heavy (non-hydrogen) atoms. The molecule has 0 spiro atoms. The van der Waals surface area contributed by atoms with E-state index in [-0.39, 0.29) is 11.7 Å². The molecule has 2 fully saturated rings. The van der Waals surface area contributed by atoms with Gasteiger partial charge in [0.2, 0.25) is 5.91 Å². The number of benzene rings is 2. The van der Waals surface area contributed by atoms with E-state index in [1.807, 2.05) is 9.80 Å². The second-order valence-electron chi connectivity index (χ2n) is 9.17. The van der Waals surface area contributed by atoms with Gasteiger partial charge in [0.25, 0.3) is 0 Å². The second kappa shape index (κ2) is 10.8. The molecule has 0 bridgehead atoms. The Morgan fingerprint density at radius 1 is 1.16 bits per heavy atom. The number of nitrogen functional groups attached to an aromatic ring is 1. The minimum atomic E-state index is -0.423. The molecular weight excluding hydrogens is 477 g/mol. The average Bonchev–Trinajstić information content (AvgIpc) is 3.18. The lowest BCUT2D eigenvalue weighted by Gasteiger charge is -2.36. The first-order valence-corrected chi connectivity index (χ1v) is 12.5. The monoisotopic (exact) mass is 509 g/mol. The van der Waals surface area contributed by atoms with E-state index in [0.29, 0.717) is 84.4 Å². The molecule has 1 atom stereocenters. The number of ether oxygens (including phenoxy) is 3. The van der Waals surface area contributed by atoms with E-state index in [4.69, 9.17) is 24.9 Å². The van der Waals surface area contributed by atoms with Gasteiger partial charge in [0, 0.05) is 54.9 Å². The van der Waals surface area contributed by atoms with Crippen LogP contribution in [0.2, 0.25) is 0 Å². The van der Waals surface area contributed by atoms with Crippen LogP contribution in [0.1, 0.15) is 6.42 Å². The quantitative estimate of drug-likeness (QED) is 0.541. The molecule has 2 aliphatic rings. The zero-order valence-corrected chi connectivity index (χ0v) is 21.1. The molecule has 0 aliphatic carbocycles. The number of anilines is 2. The smallest absolute Gasteiger partial charge is 0.246 e. The number of halogens is 1. The number of methoxy groups -OCH3 is 2. The van der Waals surface area contributed by atoms with Crippen molar-refractivity contribution >= 4 is 28.3 Å². The lowest BCUT2D eigenvalue weighted by Crippen LogP contribution is -2.54. The van der Waals surface area contributed by atoms with Gasteiger partial charge >= 0.3 is 0 Å². The van der Waals surface area contributed by atoms with E-state index < -0.39 is 6.04 Å². The van der Waals surface area contributed by atoms with E-state index in [9.17, 15) is 9.18 Å². The summed E-state index contributed by atoms with van der Waals surface area (Å²) >= 11 is 0. The Bertz CT molecular complexity index is 1300. The van der Waals surface area contributed by atoms with Crippen LogP contribution in [-0.2, 0) is 9.53 Å². The molecule has 9 nitrogen and oxygen atoms in total. The highest BCUT2D eigenvalue weighted by molar-refractivity contribution is 6.07. The van der Waals surface area contributed by atoms with Crippen molar-refractivity contribution in [2.45, 2.75) is 12.5 Å². The Morgan fingerprint density at radius 3 is 2.70 bits per heavy atom. The van der Waals surface area contributed by atoms with Crippen molar-refractivity contribution in [2.24, 2.45) is 0 Å². The molecule has 3 N–H and O–H groups in total. The minimum Gasteiger partial charge on any atom is -0.493 e. The maximum absolute atomic E-state index is 14.2. The minimum absolute atomic E-state index is 0.0472. The summed E-state index contributed by atoms with van der Waals surface area (Å²) < 4.78 is 31.0. The number of hydrogen-bond acceptors (Lipinski definition) is 8. The lowest BCUT2D eigenvalue weighted by atomic mass is 9.97. The molecular formula is C27H32FN5O4. The van der Waals surface area contributed by atoms with Crippen molar-refractivity contribution in [3.8, 4) is 22.6 Å². The van der Waals surface area contributed by atoms with Crippen LogP contribution in [0, 0.1) is 5.82 Å². The third-order valence-corrected chi connectivity index (χ3v) is 6.94. The molecule has 0 radical (unpaired) electrons. The highest BCUT2D eigenvalue weighted by Crippen LogP contribution is 2.46. The molecule has 3 heterocycles. The normalized spacial score (nSPS) is 18.5. The van der Waals surface area contributed by atoms with E-state index >= 15 is 0 Å². The summed E-state index contributed by atoms with van der Waals surface area (Å²) in [5.41, 5.74) is 8.90. The van der Waals surface area contributed by atoms with Crippen LogP contribution in [0.4, 0.5) is 15.9 Å². The summed E-state index contributed by atoms with van der Waals surface area (Å²) in [5, 5.41) is 4.02. The molecule has 196 valence electrons. The highest BCUT2D eigenvalue weighted by atomic mass is 19.1. The van der Waals surface area contributed by atoms with Crippen molar-refractivity contribution in [3.63, 3.8) is 0 Å². The lowest BCUT2D eigenvalue weighted by molar-refractivity contribution is -0.136. The van der Waals surface area contributed by atoms with Gasteiger partial charge < -0.3 is 35.1 Å². The number of nitrogens with zero attached hydrogens (tertiary/aromatic N) is 3. The van der Waals surface area contributed by atoms with Crippen molar-refractivity contribution in [3.05, 3.63) is 42.2 Å². The summed E-state index contributed by atoms with van der Waals surface area (Å²) in [6.07, 6.45) is 0.854. The van der Waals surface area contributed by atoms with Crippen molar-refractivity contribution in [1.82, 2.24) is 15.2 Å². The topological polar surface area (TPSA) is 102 Å². The van der Waals surface area contributed by atoms with Gasteiger partial charge in [-0.25, -0.2) is 9.37 Å². The Kier molecular flexibility index (Phi) is 7.29. The number of hydrogen-bond donors (Lipinski definition) is 2. The number of nitrogens with two attached hydrogens (primary N) is 1. The number of aromatic nitrogens is 1. The molecule has 10 heteroatoms. The van der Waals surface area contributed by atoms with Gasteiger partial charge in [-0.15, -0.1) is 0 Å². The Labute approximate surface area is 215 Å². The van der Waals surface area contributed by atoms with Crippen molar-refractivity contribution in [1.29, 1.82) is 0 Å². The predicted molar refractivity (Wildman–Crippen MR) is 141 cm³/mol. The third-order valence-electron chi connectivity index (χ3n) is 6.94. The first kappa shape index (κ1) is 25.0. The van der Waals surface area contributed by atoms with E-state index in [2.05, 4.69) is 5.32 Å². The van der Waals surface area contributed by atoms with E-state index in [1.54, 1.807) is 31.4 Å². The fourth-order valence-corrected chi connectivity index (χ4v) is 5.16. The van der Waals surface area contributed by atoms with Crippen molar-refractivity contribution in [2.75, 3.05) is 70.8 Å².